The lowest BCUT2D eigenvalue weighted by Crippen LogP contribution is -2.51. The number of benzene rings is 2. The zero-order valence-corrected chi connectivity index (χ0v) is 23.7. The lowest BCUT2D eigenvalue weighted by molar-refractivity contribution is -0.139. The van der Waals surface area contributed by atoms with Gasteiger partial charge in [0.15, 0.2) is 0 Å². The first-order valence-electron chi connectivity index (χ1n) is 11.7. The minimum Gasteiger partial charge on any atom is -0.354 e. The fraction of sp³-hybridized carbons (Fsp3) is 0.462. The van der Waals surface area contributed by atoms with Crippen LogP contribution in [0.25, 0.3) is 0 Å². The maximum atomic E-state index is 13.6. The first-order valence-corrected chi connectivity index (χ1v) is 14.3. The van der Waals surface area contributed by atoms with E-state index in [0.717, 1.165) is 26.2 Å². The van der Waals surface area contributed by atoms with Crippen LogP contribution in [0.1, 0.15) is 51.7 Å². The van der Waals surface area contributed by atoms with Crippen LogP contribution in [-0.2, 0) is 26.2 Å². The number of nitrogens with one attached hydrogen (secondary N) is 1. The molecule has 0 aliphatic heterocycles. The van der Waals surface area contributed by atoms with Crippen molar-refractivity contribution in [1.29, 1.82) is 0 Å². The van der Waals surface area contributed by atoms with Crippen LogP contribution >= 0.6 is 15.9 Å². The lowest BCUT2D eigenvalue weighted by Gasteiger charge is -2.31. The van der Waals surface area contributed by atoms with Crippen molar-refractivity contribution in [3.63, 3.8) is 0 Å². The largest absolute Gasteiger partial charge is 0.354 e. The molecule has 0 saturated heterocycles. The van der Waals surface area contributed by atoms with Crippen LogP contribution in [0, 0.1) is 5.92 Å². The fourth-order valence-electron chi connectivity index (χ4n) is 3.51. The van der Waals surface area contributed by atoms with Gasteiger partial charge in [-0.15, -0.1) is 0 Å². The lowest BCUT2D eigenvalue weighted by atomic mass is 10.0. The van der Waals surface area contributed by atoms with Gasteiger partial charge < -0.3 is 10.2 Å². The third-order valence-corrected chi connectivity index (χ3v) is 7.25. The predicted octanol–water partition coefficient (Wildman–Crippen LogP) is 4.53. The Morgan fingerprint density at radius 2 is 1.63 bits per heavy atom. The monoisotopic (exact) mass is 565 g/mol. The van der Waals surface area contributed by atoms with Crippen molar-refractivity contribution in [2.24, 2.45) is 5.92 Å². The number of rotatable bonds is 11. The molecule has 0 heterocycles. The molecule has 0 aromatic heterocycles. The number of halogens is 1. The van der Waals surface area contributed by atoms with Gasteiger partial charge in [-0.3, -0.25) is 13.9 Å². The van der Waals surface area contributed by atoms with E-state index in [1.54, 1.807) is 19.1 Å². The van der Waals surface area contributed by atoms with E-state index >= 15 is 0 Å². The molecule has 2 amide bonds. The Morgan fingerprint density at radius 3 is 2.14 bits per heavy atom. The molecule has 192 valence electrons. The maximum absolute atomic E-state index is 13.6. The van der Waals surface area contributed by atoms with Gasteiger partial charge in [-0.1, -0.05) is 67.9 Å². The second-order valence-corrected chi connectivity index (χ2v) is 12.3. The number of anilines is 1. The Hall–Kier alpha value is -2.39. The summed E-state index contributed by atoms with van der Waals surface area (Å²) >= 11 is 3.44. The Morgan fingerprint density at radius 1 is 1.00 bits per heavy atom. The Bertz CT molecular complexity index is 1120. The first-order chi connectivity index (χ1) is 16.3. The van der Waals surface area contributed by atoms with Gasteiger partial charge in [0.25, 0.3) is 0 Å². The second-order valence-electron chi connectivity index (χ2n) is 9.48. The van der Waals surface area contributed by atoms with Crippen LogP contribution < -0.4 is 9.62 Å². The molecule has 35 heavy (non-hydrogen) atoms. The van der Waals surface area contributed by atoms with Gasteiger partial charge in [-0.05, 0) is 54.2 Å². The van der Waals surface area contributed by atoms with Gasteiger partial charge >= 0.3 is 0 Å². The van der Waals surface area contributed by atoms with Crippen molar-refractivity contribution in [2.45, 2.75) is 53.1 Å². The van der Waals surface area contributed by atoms with Crippen molar-refractivity contribution in [3.8, 4) is 0 Å². The van der Waals surface area contributed by atoms with Gasteiger partial charge in [0.1, 0.15) is 12.6 Å². The normalized spacial score (nSPS) is 12.5. The van der Waals surface area contributed by atoms with Crippen LogP contribution in [0.5, 0.6) is 0 Å². The molecule has 0 bridgehead atoms. The predicted molar refractivity (Wildman–Crippen MR) is 145 cm³/mol. The molecule has 0 aliphatic rings. The van der Waals surface area contributed by atoms with E-state index in [0.29, 0.717) is 18.2 Å². The highest BCUT2D eigenvalue weighted by Gasteiger charge is 2.30. The third kappa shape index (κ3) is 8.65. The molecule has 2 rings (SSSR count). The molecule has 7 nitrogen and oxygen atoms in total. The van der Waals surface area contributed by atoms with Crippen LogP contribution in [0.2, 0.25) is 0 Å². The third-order valence-electron chi connectivity index (χ3n) is 5.62. The Balaban J connectivity index is 2.36. The van der Waals surface area contributed by atoms with Gasteiger partial charge in [0, 0.05) is 17.6 Å². The molecule has 1 unspecified atom stereocenters. The Labute approximate surface area is 218 Å². The molecule has 2 aromatic rings. The van der Waals surface area contributed by atoms with Crippen molar-refractivity contribution in [3.05, 3.63) is 64.1 Å². The number of carbonyl (C=O) groups is 2. The van der Waals surface area contributed by atoms with Gasteiger partial charge in [-0.2, -0.15) is 0 Å². The van der Waals surface area contributed by atoms with Crippen LogP contribution in [0.3, 0.4) is 0 Å². The average Bonchev–Trinajstić information content (AvgIpc) is 2.78. The molecule has 0 aliphatic carbocycles. The summed E-state index contributed by atoms with van der Waals surface area (Å²) in [5, 5.41) is 2.87. The summed E-state index contributed by atoms with van der Waals surface area (Å²) in [6.07, 6.45) is 1.08. The zero-order chi connectivity index (χ0) is 26.3. The second kappa shape index (κ2) is 12.5. The standard InChI is InChI=1S/C26H36BrN3O4S/c1-18(2)15-28-26(32)20(5)29(16-21-8-7-9-23(27)14-21)25(31)17-30(35(6,33)34)24-12-10-22(11-13-24)19(3)4/h7-14,18-20H,15-17H2,1-6H3,(H,28,32). The molecule has 0 saturated carbocycles. The average molecular weight is 567 g/mol. The van der Waals surface area contributed by atoms with E-state index in [2.05, 4.69) is 35.1 Å². The van der Waals surface area contributed by atoms with Crippen LogP contribution in [0.4, 0.5) is 5.69 Å². The molecule has 1 N–H and O–H groups in total. The Kier molecular flexibility index (Phi) is 10.3. The highest BCUT2D eigenvalue weighted by molar-refractivity contribution is 9.10. The number of nitrogens with zero attached hydrogens (tertiary/aromatic N) is 2. The number of hydrogen-bond acceptors (Lipinski definition) is 4. The molecular formula is C26H36BrN3O4S. The molecule has 2 aromatic carbocycles. The number of sulfonamides is 1. The quantitative estimate of drug-likeness (QED) is 0.433. The molecule has 9 heteroatoms. The van der Waals surface area contributed by atoms with E-state index in [4.69, 9.17) is 0 Å². The van der Waals surface area contributed by atoms with Crippen LogP contribution in [-0.4, -0.2) is 50.5 Å². The topological polar surface area (TPSA) is 86.8 Å². The summed E-state index contributed by atoms with van der Waals surface area (Å²) in [4.78, 5) is 27.8. The van der Waals surface area contributed by atoms with E-state index in [1.165, 1.54) is 4.90 Å². The van der Waals surface area contributed by atoms with E-state index in [1.807, 2.05) is 50.2 Å². The molecule has 0 radical (unpaired) electrons. The van der Waals surface area contributed by atoms with E-state index in [9.17, 15) is 18.0 Å². The van der Waals surface area contributed by atoms with Crippen molar-refractivity contribution in [1.82, 2.24) is 10.2 Å². The number of amides is 2. The SMILES string of the molecule is CC(C)CNC(=O)C(C)N(Cc1cccc(Br)c1)C(=O)CN(c1ccc(C(C)C)cc1)S(C)(=O)=O. The molecule has 1 atom stereocenters. The minimum atomic E-state index is -3.75. The number of hydrogen-bond donors (Lipinski definition) is 1. The molecule has 0 fully saturated rings. The van der Waals surface area contributed by atoms with E-state index < -0.39 is 28.5 Å². The zero-order valence-electron chi connectivity index (χ0n) is 21.3. The highest BCUT2D eigenvalue weighted by atomic mass is 79.9. The minimum absolute atomic E-state index is 0.165. The van der Waals surface area contributed by atoms with Crippen molar-refractivity contribution < 1.29 is 18.0 Å². The molecule has 0 spiro atoms. The van der Waals surface area contributed by atoms with Crippen molar-refractivity contribution >= 4 is 43.5 Å². The van der Waals surface area contributed by atoms with E-state index in [-0.39, 0.29) is 18.4 Å². The number of carbonyl (C=O) groups excluding carboxylic acids is 2. The maximum Gasteiger partial charge on any atom is 0.244 e. The summed E-state index contributed by atoms with van der Waals surface area (Å²) in [6, 6.07) is 13.8. The summed E-state index contributed by atoms with van der Waals surface area (Å²) in [7, 11) is -3.75. The summed E-state index contributed by atoms with van der Waals surface area (Å²) < 4.78 is 27.3. The summed E-state index contributed by atoms with van der Waals surface area (Å²) in [5.41, 5.74) is 2.30. The highest BCUT2D eigenvalue weighted by Crippen LogP contribution is 2.23. The van der Waals surface area contributed by atoms with Gasteiger partial charge in [0.2, 0.25) is 21.8 Å². The molecular weight excluding hydrogens is 530 g/mol. The fourth-order valence-corrected chi connectivity index (χ4v) is 4.80. The summed E-state index contributed by atoms with van der Waals surface area (Å²) in [5.74, 6) is -0.192. The first kappa shape index (κ1) is 28.8. The summed E-state index contributed by atoms with van der Waals surface area (Å²) in [6.45, 7) is 9.99. The van der Waals surface area contributed by atoms with Crippen molar-refractivity contribution in [2.75, 3.05) is 23.7 Å². The smallest absolute Gasteiger partial charge is 0.244 e. The van der Waals surface area contributed by atoms with Gasteiger partial charge in [0.05, 0.1) is 11.9 Å². The van der Waals surface area contributed by atoms with Gasteiger partial charge in [-0.25, -0.2) is 8.42 Å². The van der Waals surface area contributed by atoms with Crippen LogP contribution in [0.15, 0.2) is 53.0 Å².